The highest BCUT2D eigenvalue weighted by atomic mass is 35.5. The molecular formula is C20H17ClN4O2. The van der Waals surface area contributed by atoms with E-state index in [2.05, 4.69) is 15.7 Å². The molecule has 2 N–H and O–H groups in total. The van der Waals surface area contributed by atoms with Crippen molar-refractivity contribution in [1.29, 1.82) is 0 Å². The van der Waals surface area contributed by atoms with Crippen LogP contribution in [0.15, 0.2) is 54.6 Å². The summed E-state index contributed by atoms with van der Waals surface area (Å²) in [5, 5.41) is 10.9. The largest absolute Gasteiger partial charge is 0.324 e. The van der Waals surface area contributed by atoms with Crippen molar-refractivity contribution in [2.75, 3.05) is 10.6 Å². The molecular weight excluding hydrogens is 364 g/mol. The number of amides is 2. The van der Waals surface area contributed by atoms with E-state index < -0.39 is 6.04 Å². The lowest BCUT2D eigenvalue weighted by atomic mass is 10.1. The first-order valence-corrected chi connectivity index (χ1v) is 8.91. The molecule has 1 aromatic heterocycles. The van der Waals surface area contributed by atoms with E-state index in [4.69, 9.17) is 11.6 Å². The molecule has 2 amide bonds. The summed E-state index contributed by atoms with van der Waals surface area (Å²) in [4.78, 5) is 25.0. The minimum atomic E-state index is -0.722. The van der Waals surface area contributed by atoms with Crippen LogP contribution in [-0.2, 0) is 9.59 Å². The van der Waals surface area contributed by atoms with Crippen molar-refractivity contribution in [3.63, 3.8) is 0 Å². The average Bonchev–Trinajstić information content (AvgIpc) is 2.98. The van der Waals surface area contributed by atoms with Crippen LogP contribution in [0.1, 0.15) is 18.0 Å². The highest BCUT2D eigenvalue weighted by molar-refractivity contribution is 6.30. The van der Waals surface area contributed by atoms with Gasteiger partial charge in [0.25, 0.3) is 0 Å². The van der Waals surface area contributed by atoms with Gasteiger partial charge in [0, 0.05) is 21.8 Å². The van der Waals surface area contributed by atoms with Gasteiger partial charge in [0.15, 0.2) is 0 Å². The lowest BCUT2D eigenvalue weighted by Crippen LogP contribution is -2.35. The molecule has 0 saturated heterocycles. The molecule has 2 aromatic carbocycles. The Morgan fingerprint density at radius 3 is 2.74 bits per heavy atom. The first kappa shape index (κ1) is 17.3. The van der Waals surface area contributed by atoms with Crippen LogP contribution in [0.2, 0.25) is 5.02 Å². The Morgan fingerprint density at radius 1 is 1.22 bits per heavy atom. The standard InChI is InChI=1S/C20H17ClN4O2/c1-12-18(13-6-5-7-14(21)10-13)24-25-16(11-17(26)23-19(12)25)20(27)22-15-8-3-2-4-9-15/h2-10,16H,11H2,1H3,(H,22,27)(H,23,26)/t16-/m1/s1. The molecule has 0 saturated carbocycles. The number of carbonyl (C=O) groups is 2. The van der Waals surface area contributed by atoms with Crippen molar-refractivity contribution >= 4 is 34.9 Å². The minimum Gasteiger partial charge on any atom is -0.324 e. The van der Waals surface area contributed by atoms with Gasteiger partial charge in [0.2, 0.25) is 11.8 Å². The molecule has 1 aliphatic rings. The SMILES string of the molecule is Cc1c(-c2cccc(Cl)c2)nn2c1NC(=O)C[C@@H]2C(=O)Nc1ccccc1. The number of aromatic nitrogens is 2. The maximum atomic E-state index is 12.8. The molecule has 0 spiro atoms. The van der Waals surface area contributed by atoms with E-state index in [1.54, 1.807) is 22.9 Å². The van der Waals surface area contributed by atoms with Gasteiger partial charge in [-0.05, 0) is 31.2 Å². The molecule has 0 aliphatic carbocycles. The van der Waals surface area contributed by atoms with Crippen LogP contribution in [0, 0.1) is 6.92 Å². The van der Waals surface area contributed by atoms with Gasteiger partial charge in [-0.1, -0.05) is 41.9 Å². The van der Waals surface area contributed by atoms with Gasteiger partial charge in [-0.2, -0.15) is 5.10 Å². The fraction of sp³-hybridized carbons (Fsp3) is 0.150. The molecule has 1 aliphatic heterocycles. The Hall–Kier alpha value is -3.12. The summed E-state index contributed by atoms with van der Waals surface area (Å²) in [5.74, 6) is 0.0447. The third-order valence-electron chi connectivity index (χ3n) is 4.52. The van der Waals surface area contributed by atoms with E-state index in [1.807, 2.05) is 43.3 Å². The van der Waals surface area contributed by atoms with Crippen LogP contribution < -0.4 is 10.6 Å². The molecule has 27 heavy (non-hydrogen) atoms. The molecule has 0 unspecified atom stereocenters. The minimum absolute atomic E-state index is 0.0295. The molecule has 0 bridgehead atoms. The predicted octanol–water partition coefficient (Wildman–Crippen LogP) is 4.03. The number of para-hydroxylation sites is 1. The van der Waals surface area contributed by atoms with Gasteiger partial charge < -0.3 is 10.6 Å². The van der Waals surface area contributed by atoms with E-state index in [0.29, 0.717) is 22.2 Å². The quantitative estimate of drug-likeness (QED) is 0.720. The molecule has 1 atom stereocenters. The van der Waals surface area contributed by atoms with E-state index in [9.17, 15) is 9.59 Å². The Kier molecular flexibility index (Phi) is 4.41. The second-order valence-corrected chi connectivity index (χ2v) is 6.84. The second kappa shape index (κ2) is 6.89. The van der Waals surface area contributed by atoms with Crippen LogP contribution >= 0.6 is 11.6 Å². The first-order chi connectivity index (χ1) is 13.0. The summed E-state index contributed by atoms with van der Waals surface area (Å²) < 4.78 is 1.59. The summed E-state index contributed by atoms with van der Waals surface area (Å²) >= 11 is 6.10. The Morgan fingerprint density at radius 2 is 2.00 bits per heavy atom. The summed E-state index contributed by atoms with van der Waals surface area (Å²) in [6.45, 7) is 1.87. The lowest BCUT2D eigenvalue weighted by molar-refractivity contribution is -0.125. The number of nitrogens with one attached hydrogen (secondary N) is 2. The maximum Gasteiger partial charge on any atom is 0.249 e. The number of anilines is 2. The topological polar surface area (TPSA) is 76.0 Å². The van der Waals surface area contributed by atoms with E-state index in [-0.39, 0.29) is 18.2 Å². The summed E-state index contributed by atoms with van der Waals surface area (Å²) in [6.07, 6.45) is 0.0295. The Bertz CT molecular complexity index is 1030. The van der Waals surface area contributed by atoms with Gasteiger partial charge in [-0.3, -0.25) is 9.59 Å². The molecule has 136 valence electrons. The summed E-state index contributed by atoms with van der Waals surface area (Å²) in [6, 6.07) is 15.8. The average molecular weight is 381 g/mol. The van der Waals surface area contributed by atoms with Gasteiger partial charge >= 0.3 is 0 Å². The van der Waals surface area contributed by atoms with Gasteiger partial charge in [0.1, 0.15) is 11.9 Å². The number of rotatable bonds is 3. The third-order valence-corrected chi connectivity index (χ3v) is 4.76. The lowest BCUT2D eigenvalue weighted by Gasteiger charge is -2.24. The summed E-state index contributed by atoms with van der Waals surface area (Å²) in [7, 11) is 0. The number of hydrogen-bond acceptors (Lipinski definition) is 3. The number of halogens is 1. The third kappa shape index (κ3) is 3.31. The maximum absolute atomic E-state index is 12.8. The van der Waals surface area contributed by atoms with Crippen LogP contribution in [0.4, 0.5) is 11.5 Å². The number of nitrogens with zero attached hydrogens (tertiary/aromatic N) is 2. The van der Waals surface area contributed by atoms with Gasteiger partial charge in [-0.15, -0.1) is 0 Å². The zero-order chi connectivity index (χ0) is 19.0. The number of hydrogen-bond donors (Lipinski definition) is 2. The van der Waals surface area contributed by atoms with Crippen molar-refractivity contribution in [2.24, 2.45) is 0 Å². The summed E-state index contributed by atoms with van der Waals surface area (Å²) in [5.41, 5.74) is 2.99. The zero-order valence-corrected chi connectivity index (χ0v) is 15.3. The zero-order valence-electron chi connectivity index (χ0n) is 14.6. The first-order valence-electron chi connectivity index (χ1n) is 8.54. The molecule has 0 radical (unpaired) electrons. The monoisotopic (exact) mass is 380 g/mol. The van der Waals surface area contributed by atoms with Crippen molar-refractivity contribution in [2.45, 2.75) is 19.4 Å². The van der Waals surface area contributed by atoms with Crippen LogP contribution in [0.5, 0.6) is 0 Å². The van der Waals surface area contributed by atoms with E-state index >= 15 is 0 Å². The fourth-order valence-corrected chi connectivity index (χ4v) is 3.39. The van der Waals surface area contributed by atoms with Crippen molar-refractivity contribution in [3.8, 4) is 11.3 Å². The number of carbonyl (C=O) groups excluding carboxylic acids is 2. The van der Waals surface area contributed by atoms with Crippen molar-refractivity contribution in [1.82, 2.24) is 9.78 Å². The molecule has 3 aromatic rings. The van der Waals surface area contributed by atoms with E-state index in [1.165, 1.54) is 0 Å². The Balaban J connectivity index is 1.72. The smallest absolute Gasteiger partial charge is 0.249 e. The van der Waals surface area contributed by atoms with Crippen molar-refractivity contribution in [3.05, 3.63) is 65.2 Å². The molecule has 2 heterocycles. The molecule has 4 rings (SSSR count). The van der Waals surface area contributed by atoms with Crippen LogP contribution in [-0.4, -0.2) is 21.6 Å². The highest BCUT2D eigenvalue weighted by Crippen LogP contribution is 2.35. The Labute approximate surface area is 161 Å². The van der Waals surface area contributed by atoms with E-state index in [0.717, 1.165) is 11.1 Å². The van der Waals surface area contributed by atoms with Gasteiger partial charge in [-0.25, -0.2) is 4.68 Å². The van der Waals surface area contributed by atoms with Crippen LogP contribution in [0.3, 0.4) is 0 Å². The number of benzene rings is 2. The fourth-order valence-electron chi connectivity index (χ4n) is 3.20. The molecule has 6 nitrogen and oxygen atoms in total. The van der Waals surface area contributed by atoms with Gasteiger partial charge in [0.05, 0.1) is 12.1 Å². The second-order valence-electron chi connectivity index (χ2n) is 6.40. The molecule has 7 heteroatoms. The van der Waals surface area contributed by atoms with Crippen molar-refractivity contribution < 1.29 is 9.59 Å². The predicted molar refractivity (Wildman–Crippen MR) is 105 cm³/mol. The normalized spacial score (nSPS) is 15.8. The highest BCUT2D eigenvalue weighted by Gasteiger charge is 2.34. The molecule has 0 fully saturated rings. The number of fused-ring (bicyclic) bond motifs is 1. The van der Waals surface area contributed by atoms with Crippen LogP contribution in [0.25, 0.3) is 11.3 Å².